The minimum absolute atomic E-state index is 0.230. The van der Waals surface area contributed by atoms with Crippen molar-refractivity contribution >= 4 is 11.4 Å². The molecule has 0 bridgehead atoms. The number of nitrogens with two attached hydrogens (primary N) is 1. The van der Waals surface area contributed by atoms with E-state index < -0.39 is 0 Å². The summed E-state index contributed by atoms with van der Waals surface area (Å²) in [7, 11) is 0. The van der Waals surface area contributed by atoms with E-state index in [9.17, 15) is 0 Å². The van der Waals surface area contributed by atoms with Crippen LogP contribution in [0.5, 0.6) is 11.5 Å². The fourth-order valence-corrected chi connectivity index (χ4v) is 2.92. The Hall–Kier alpha value is -2.36. The van der Waals surface area contributed by atoms with Crippen molar-refractivity contribution in [3.05, 3.63) is 48.0 Å². The molecule has 2 aromatic rings. The van der Waals surface area contributed by atoms with Gasteiger partial charge in [-0.2, -0.15) is 0 Å². The van der Waals surface area contributed by atoms with Gasteiger partial charge in [0.1, 0.15) is 23.7 Å². The van der Waals surface area contributed by atoms with Crippen molar-refractivity contribution in [3.8, 4) is 11.5 Å². The molecule has 3 rings (SSSR count). The highest BCUT2D eigenvalue weighted by Crippen LogP contribution is 2.38. The lowest BCUT2D eigenvalue weighted by Crippen LogP contribution is -2.48. The van der Waals surface area contributed by atoms with Crippen LogP contribution in [0.1, 0.15) is 19.4 Å². The molecular formula is C19H24N2O2. The van der Waals surface area contributed by atoms with Crippen molar-refractivity contribution in [1.29, 1.82) is 0 Å². The topological polar surface area (TPSA) is 47.7 Å². The third-order valence-electron chi connectivity index (χ3n) is 3.90. The summed E-state index contributed by atoms with van der Waals surface area (Å²) in [6.45, 7) is 8.48. The van der Waals surface area contributed by atoms with E-state index in [0.29, 0.717) is 6.61 Å². The lowest BCUT2D eigenvalue weighted by Gasteiger charge is -2.41. The zero-order valence-corrected chi connectivity index (χ0v) is 14.0. The van der Waals surface area contributed by atoms with E-state index in [2.05, 4.69) is 37.8 Å². The monoisotopic (exact) mass is 312 g/mol. The minimum atomic E-state index is -0.230. The van der Waals surface area contributed by atoms with Crippen molar-refractivity contribution in [2.75, 3.05) is 30.3 Å². The summed E-state index contributed by atoms with van der Waals surface area (Å²) in [4.78, 5) is 2.28. The lowest BCUT2D eigenvalue weighted by atomic mass is 10.0. The minimum Gasteiger partial charge on any atom is -0.492 e. The summed E-state index contributed by atoms with van der Waals surface area (Å²) in [5.41, 5.74) is 8.69. The van der Waals surface area contributed by atoms with Crippen molar-refractivity contribution in [3.63, 3.8) is 0 Å². The smallest absolute Gasteiger partial charge is 0.143 e. The van der Waals surface area contributed by atoms with Gasteiger partial charge in [0.05, 0.1) is 18.8 Å². The fraction of sp³-hybridized carbons (Fsp3) is 0.368. The van der Waals surface area contributed by atoms with Crippen molar-refractivity contribution < 1.29 is 9.47 Å². The molecule has 0 unspecified atom stereocenters. The van der Waals surface area contributed by atoms with E-state index in [0.717, 1.165) is 36.0 Å². The van der Waals surface area contributed by atoms with Gasteiger partial charge < -0.3 is 20.1 Å². The number of benzene rings is 2. The molecule has 1 heterocycles. The fourth-order valence-electron chi connectivity index (χ4n) is 2.92. The van der Waals surface area contributed by atoms with Crippen LogP contribution in [0.3, 0.4) is 0 Å². The van der Waals surface area contributed by atoms with Gasteiger partial charge >= 0.3 is 0 Å². The van der Waals surface area contributed by atoms with E-state index >= 15 is 0 Å². The summed E-state index contributed by atoms with van der Waals surface area (Å²) in [5, 5.41) is 0. The van der Waals surface area contributed by atoms with Crippen LogP contribution in [0.2, 0.25) is 0 Å². The van der Waals surface area contributed by atoms with Crippen LogP contribution in [0.15, 0.2) is 42.5 Å². The standard InChI is InChI=1S/C19H24N2O2/c1-14-5-4-6-16(11-14)22-10-9-21-13-19(2,3)23-18-8-7-15(20)12-17(18)21/h4-8,11-12H,9-10,13,20H2,1-3H3. The first-order valence-corrected chi connectivity index (χ1v) is 7.96. The third-order valence-corrected chi connectivity index (χ3v) is 3.90. The highest BCUT2D eigenvalue weighted by molar-refractivity contribution is 5.66. The number of nitrogen functional groups attached to an aromatic ring is 1. The number of aryl methyl sites for hydroxylation is 1. The zero-order chi connectivity index (χ0) is 16.4. The molecule has 0 amide bonds. The van der Waals surface area contributed by atoms with Crippen LogP contribution in [0, 0.1) is 6.92 Å². The van der Waals surface area contributed by atoms with Crippen LogP contribution in [-0.4, -0.2) is 25.3 Å². The molecule has 122 valence electrons. The van der Waals surface area contributed by atoms with Gasteiger partial charge in [-0.05, 0) is 56.7 Å². The summed E-state index contributed by atoms with van der Waals surface area (Å²) >= 11 is 0. The van der Waals surface area contributed by atoms with Crippen molar-refractivity contribution in [2.24, 2.45) is 0 Å². The highest BCUT2D eigenvalue weighted by Gasteiger charge is 2.31. The lowest BCUT2D eigenvalue weighted by molar-refractivity contribution is 0.104. The SMILES string of the molecule is Cc1cccc(OCCN2CC(C)(C)Oc3ccc(N)cc32)c1. The van der Waals surface area contributed by atoms with E-state index in [-0.39, 0.29) is 5.60 Å². The molecule has 0 aromatic heterocycles. The van der Waals surface area contributed by atoms with Gasteiger partial charge in [-0.1, -0.05) is 12.1 Å². The molecule has 2 aromatic carbocycles. The Bertz CT molecular complexity index is 698. The second-order valence-electron chi connectivity index (χ2n) is 6.68. The molecular weight excluding hydrogens is 288 g/mol. The molecule has 1 aliphatic heterocycles. The Morgan fingerprint density at radius 2 is 2.04 bits per heavy atom. The van der Waals surface area contributed by atoms with Gasteiger partial charge in [0.2, 0.25) is 0 Å². The second kappa shape index (κ2) is 6.03. The summed E-state index contributed by atoms with van der Waals surface area (Å²) in [5.74, 6) is 1.79. The first-order valence-electron chi connectivity index (χ1n) is 7.96. The summed E-state index contributed by atoms with van der Waals surface area (Å²) in [6.07, 6.45) is 0. The Morgan fingerprint density at radius 1 is 1.22 bits per heavy atom. The van der Waals surface area contributed by atoms with Crippen LogP contribution in [0.4, 0.5) is 11.4 Å². The van der Waals surface area contributed by atoms with Gasteiger partial charge in [0, 0.05) is 5.69 Å². The number of fused-ring (bicyclic) bond motifs is 1. The second-order valence-corrected chi connectivity index (χ2v) is 6.68. The van der Waals surface area contributed by atoms with Crippen LogP contribution in [0.25, 0.3) is 0 Å². The largest absolute Gasteiger partial charge is 0.492 e. The summed E-state index contributed by atoms with van der Waals surface area (Å²) < 4.78 is 11.9. The molecule has 0 fully saturated rings. The Labute approximate surface area is 137 Å². The Kier molecular flexibility index (Phi) is 4.07. The number of hydrogen-bond donors (Lipinski definition) is 1. The van der Waals surface area contributed by atoms with Gasteiger partial charge in [-0.25, -0.2) is 0 Å². The van der Waals surface area contributed by atoms with E-state index in [1.54, 1.807) is 0 Å². The molecule has 1 aliphatic rings. The molecule has 23 heavy (non-hydrogen) atoms. The third kappa shape index (κ3) is 3.70. The first-order chi connectivity index (χ1) is 10.9. The molecule has 0 saturated heterocycles. The molecule has 2 N–H and O–H groups in total. The predicted octanol–water partition coefficient (Wildman–Crippen LogP) is 3.63. The normalized spacial score (nSPS) is 15.7. The number of anilines is 2. The zero-order valence-electron chi connectivity index (χ0n) is 14.0. The van der Waals surface area contributed by atoms with Gasteiger partial charge in [-0.3, -0.25) is 0 Å². The molecule has 0 atom stereocenters. The van der Waals surface area contributed by atoms with E-state index in [1.807, 2.05) is 30.3 Å². The van der Waals surface area contributed by atoms with Gasteiger partial charge in [0.15, 0.2) is 0 Å². The van der Waals surface area contributed by atoms with E-state index in [1.165, 1.54) is 5.56 Å². The molecule has 0 radical (unpaired) electrons. The maximum Gasteiger partial charge on any atom is 0.143 e. The maximum absolute atomic E-state index is 6.05. The van der Waals surface area contributed by atoms with Gasteiger partial charge in [-0.15, -0.1) is 0 Å². The van der Waals surface area contributed by atoms with Crippen LogP contribution in [-0.2, 0) is 0 Å². The molecule has 4 nitrogen and oxygen atoms in total. The number of ether oxygens (including phenoxy) is 2. The number of nitrogens with zero attached hydrogens (tertiary/aromatic N) is 1. The summed E-state index contributed by atoms with van der Waals surface area (Å²) in [6, 6.07) is 13.9. The highest BCUT2D eigenvalue weighted by atomic mass is 16.5. The van der Waals surface area contributed by atoms with Crippen LogP contribution >= 0.6 is 0 Å². The molecule has 0 aliphatic carbocycles. The van der Waals surface area contributed by atoms with Gasteiger partial charge in [0.25, 0.3) is 0 Å². The Morgan fingerprint density at radius 3 is 2.83 bits per heavy atom. The Balaban J connectivity index is 1.71. The molecule has 0 spiro atoms. The number of rotatable bonds is 4. The molecule has 4 heteroatoms. The van der Waals surface area contributed by atoms with Crippen molar-refractivity contribution in [2.45, 2.75) is 26.4 Å². The quantitative estimate of drug-likeness (QED) is 0.876. The number of hydrogen-bond acceptors (Lipinski definition) is 4. The first kappa shape index (κ1) is 15.5. The van der Waals surface area contributed by atoms with E-state index in [4.69, 9.17) is 15.2 Å². The molecule has 0 saturated carbocycles. The predicted molar refractivity (Wildman–Crippen MR) is 94.4 cm³/mol. The average molecular weight is 312 g/mol. The maximum atomic E-state index is 6.05. The average Bonchev–Trinajstić information content (AvgIpc) is 2.47. The van der Waals surface area contributed by atoms with Crippen molar-refractivity contribution in [1.82, 2.24) is 0 Å². The van der Waals surface area contributed by atoms with Crippen LogP contribution < -0.4 is 20.1 Å².